The van der Waals surface area contributed by atoms with Crippen LogP contribution in [0, 0.1) is 5.82 Å². The van der Waals surface area contributed by atoms with Crippen LogP contribution in [-0.2, 0) is 10.9 Å². The zero-order valence-electron chi connectivity index (χ0n) is 13.7. The molecule has 1 aromatic rings. The summed E-state index contributed by atoms with van der Waals surface area (Å²) in [5, 5.41) is 3.01. The molecular weight excluding hydrogens is 328 g/mol. The first kappa shape index (κ1) is 18.5. The Morgan fingerprint density at radius 2 is 1.96 bits per heavy atom. The number of nitrogens with one attached hydrogen (secondary N) is 1. The van der Waals surface area contributed by atoms with E-state index in [9.17, 15) is 22.4 Å². The van der Waals surface area contributed by atoms with Crippen molar-refractivity contribution >= 4 is 6.09 Å². The van der Waals surface area contributed by atoms with Crippen molar-refractivity contribution in [3.63, 3.8) is 0 Å². The summed E-state index contributed by atoms with van der Waals surface area (Å²) in [6.07, 6.45) is -5.23. The van der Waals surface area contributed by atoms with Crippen molar-refractivity contribution in [2.24, 2.45) is 0 Å². The maximum absolute atomic E-state index is 14.2. The van der Waals surface area contributed by atoms with E-state index in [4.69, 9.17) is 4.74 Å². The second-order valence-corrected chi connectivity index (χ2v) is 6.63. The Morgan fingerprint density at radius 3 is 2.50 bits per heavy atom. The molecule has 0 spiro atoms. The smallest absolute Gasteiger partial charge is 0.416 e. The standard InChI is InChI=1S/C16H20F4N2O2/c1-15(2,3)24-14(23)22-7-6-21-9-13(22)11-5-4-10(8-12(11)17)16(18,19)20/h4-5,8,13,21H,6-7,9H2,1-3H3. The Hall–Kier alpha value is -1.83. The summed E-state index contributed by atoms with van der Waals surface area (Å²) in [6, 6.07) is 1.63. The number of hydrogen-bond donors (Lipinski definition) is 1. The number of benzene rings is 1. The summed E-state index contributed by atoms with van der Waals surface area (Å²) in [6.45, 7) is 6.14. The molecule has 1 atom stereocenters. The molecule has 1 amide bonds. The van der Waals surface area contributed by atoms with Crippen LogP contribution in [0.3, 0.4) is 0 Å². The minimum absolute atomic E-state index is 0.0288. The van der Waals surface area contributed by atoms with Crippen LogP contribution in [0.2, 0.25) is 0 Å². The zero-order valence-corrected chi connectivity index (χ0v) is 13.7. The van der Waals surface area contributed by atoms with Gasteiger partial charge in [0.05, 0.1) is 11.6 Å². The average Bonchev–Trinajstić information content (AvgIpc) is 2.44. The van der Waals surface area contributed by atoms with Crippen LogP contribution in [-0.4, -0.2) is 36.2 Å². The van der Waals surface area contributed by atoms with Gasteiger partial charge in [0.2, 0.25) is 0 Å². The minimum Gasteiger partial charge on any atom is -0.444 e. The van der Waals surface area contributed by atoms with Gasteiger partial charge in [0.15, 0.2) is 0 Å². The number of piperazine rings is 1. The van der Waals surface area contributed by atoms with Crippen molar-refractivity contribution in [3.8, 4) is 0 Å². The van der Waals surface area contributed by atoms with Crippen molar-refractivity contribution in [2.45, 2.75) is 38.6 Å². The van der Waals surface area contributed by atoms with E-state index in [0.717, 1.165) is 12.1 Å². The van der Waals surface area contributed by atoms with E-state index in [1.165, 1.54) is 4.90 Å². The Kier molecular flexibility index (Phi) is 5.08. The Morgan fingerprint density at radius 1 is 1.29 bits per heavy atom. The SMILES string of the molecule is CC(C)(C)OC(=O)N1CCNCC1c1ccc(C(F)(F)F)cc1F. The summed E-state index contributed by atoms with van der Waals surface area (Å²) >= 11 is 0. The quantitative estimate of drug-likeness (QED) is 0.787. The van der Waals surface area contributed by atoms with Gasteiger partial charge in [-0.05, 0) is 32.9 Å². The topological polar surface area (TPSA) is 41.6 Å². The van der Waals surface area contributed by atoms with Crippen LogP contribution < -0.4 is 5.32 Å². The van der Waals surface area contributed by atoms with Gasteiger partial charge in [0.25, 0.3) is 0 Å². The van der Waals surface area contributed by atoms with Crippen LogP contribution in [0.15, 0.2) is 18.2 Å². The van der Waals surface area contributed by atoms with E-state index in [-0.39, 0.29) is 18.7 Å². The highest BCUT2D eigenvalue weighted by Crippen LogP contribution is 2.33. The van der Waals surface area contributed by atoms with Crippen molar-refractivity contribution < 1.29 is 27.1 Å². The second kappa shape index (κ2) is 6.58. The first-order valence-corrected chi connectivity index (χ1v) is 7.56. The largest absolute Gasteiger partial charge is 0.444 e. The summed E-state index contributed by atoms with van der Waals surface area (Å²) < 4.78 is 57.5. The molecular formula is C16H20F4N2O2. The second-order valence-electron chi connectivity index (χ2n) is 6.63. The highest BCUT2D eigenvalue weighted by molar-refractivity contribution is 5.69. The van der Waals surface area contributed by atoms with E-state index in [1.807, 2.05) is 0 Å². The molecule has 2 rings (SSSR count). The molecule has 1 fully saturated rings. The molecule has 1 N–H and O–H groups in total. The number of ether oxygens (including phenoxy) is 1. The normalized spacial score (nSPS) is 19.3. The molecule has 1 saturated heterocycles. The third kappa shape index (κ3) is 4.37. The van der Waals surface area contributed by atoms with Crippen molar-refractivity contribution in [1.29, 1.82) is 0 Å². The van der Waals surface area contributed by atoms with E-state index in [0.29, 0.717) is 12.6 Å². The Labute approximate surface area is 137 Å². The van der Waals surface area contributed by atoms with Crippen LogP contribution >= 0.6 is 0 Å². The predicted octanol–water partition coefficient (Wildman–Crippen LogP) is 3.73. The van der Waals surface area contributed by atoms with E-state index in [2.05, 4.69) is 5.32 Å². The third-order valence-corrected chi connectivity index (χ3v) is 3.56. The summed E-state index contributed by atoms with van der Waals surface area (Å²) in [7, 11) is 0. The molecule has 8 heteroatoms. The van der Waals surface area contributed by atoms with Gasteiger partial charge >= 0.3 is 12.3 Å². The van der Waals surface area contributed by atoms with Crippen LogP contribution in [0.5, 0.6) is 0 Å². The van der Waals surface area contributed by atoms with Gasteiger partial charge < -0.3 is 10.1 Å². The molecule has 1 aliphatic rings. The highest BCUT2D eigenvalue weighted by atomic mass is 19.4. The van der Waals surface area contributed by atoms with Gasteiger partial charge in [-0.15, -0.1) is 0 Å². The maximum Gasteiger partial charge on any atom is 0.416 e. The number of carbonyl (C=O) groups excluding carboxylic acids is 1. The fourth-order valence-corrected chi connectivity index (χ4v) is 2.49. The van der Waals surface area contributed by atoms with Gasteiger partial charge in [-0.3, -0.25) is 4.90 Å². The lowest BCUT2D eigenvalue weighted by atomic mass is 10.0. The first-order chi connectivity index (χ1) is 11.0. The van der Waals surface area contributed by atoms with E-state index >= 15 is 0 Å². The molecule has 1 aliphatic heterocycles. The number of rotatable bonds is 1. The molecule has 0 saturated carbocycles. The lowest BCUT2D eigenvalue weighted by molar-refractivity contribution is -0.137. The Balaban J connectivity index is 2.29. The Bertz CT molecular complexity index is 611. The zero-order chi connectivity index (χ0) is 18.1. The number of halogens is 4. The van der Waals surface area contributed by atoms with Crippen molar-refractivity contribution in [1.82, 2.24) is 10.2 Å². The van der Waals surface area contributed by atoms with Gasteiger partial charge in [0.1, 0.15) is 11.4 Å². The van der Waals surface area contributed by atoms with Crippen LogP contribution in [0.25, 0.3) is 0 Å². The molecule has 1 unspecified atom stereocenters. The molecule has 134 valence electrons. The number of hydrogen-bond acceptors (Lipinski definition) is 3. The minimum atomic E-state index is -4.62. The first-order valence-electron chi connectivity index (χ1n) is 7.56. The molecule has 24 heavy (non-hydrogen) atoms. The molecule has 0 aliphatic carbocycles. The number of carbonyl (C=O) groups is 1. The van der Waals surface area contributed by atoms with Crippen LogP contribution in [0.4, 0.5) is 22.4 Å². The van der Waals surface area contributed by atoms with Gasteiger partial charge in [-0.2, -0.15) is 13.2 Å². The fourth-order valence-electron chi connectivity index (χ4n) is 2.49. The monoisotopic (exact) mass is 348 g/mol. The number of nitrogens with zero attached hydrogens (tertiary/aromatic N) is 1. The molecule has 0 bridgehead atoms. The van der Waals surface area contributed by atoms with Crippen molar-refractivity contribution in [3.05, 3.63) is 35.1 Å². The number of amides is 1. The lowest BCUT2D eigenvalue weighted by Gasteiger charge is -2.37. The molecule has 0 aromatic heterocycles. The predicted molar refractivity (Wildman–Crippen MR) is 80.0 cm³/mol. The molecule has 0 radical (unpaired) electrons. The molecule has 4 nitrogen and oxygen atoms in total. The summed E-state index contributed by atoms with van der Waals surface area (Å²) in [4.78, 5) is 13.6. The molecule has 1 aromatic carbocycles. The van der Waals surface area contributed by atoms with Crippen LogP contribution in [0.1, 0.15) is 37.9 Å². The van der Waals surface area contributed by atoms with Crippen molar-refractivity contribution in [2.75, 3.05) is 19.6 Å². The third-order valence-electron chi connectivity index (χ3n) is 3.56. The van der Waals surface area contributed by atoms with Gasteiger partial charge in [-0.25, -0.2) is 9.18 Å². The maximum atomic E-state index is 14.2. The highest BCUT2D eigenvalue weighted by Gasteiger charge is 2.35. The van der Waals surface area contributed by atoms with E-state index < -0.39 is 35.3 Å². The average molecular weight is 348 g/mol. The fraction of sp³-hybridized carbons (Fsp3) is 0.562. The molecule has 1 heterocycles. The number of alkyl halides is 3. The van der Waals surface area contributed by atoms with E-state index in [1.54, 1.807) is 20.8 Å². The lowest BCUT2D eigenvalue weighted by Crippen LogP contribution is -2.50. The summed E-state index contributed by atoms with van der Waals surface area (Å²) in [5.41, 5.74) is -1.75. The van der Waals surface area contributed by atoms with Gasteiger partial charge in [-0.1, -0.05) is 6.07 Å². The van der Waals surface area contributed by atoms with Gasteiger partial charge in [0, 0.05) is 25.2 Å². The summed E-state index contributed by atoms with van der Waals surface area (Å²) in [5.74, 6) is -0.993.